The molecule has 1 unspecified atom stereocenters. The molecule has 1 N–H and O–H groups in total. The maximum Gasteiger partial charge on any atom is 0.173 e. The molecule has 1 heterocycles. The summed E-state index contributed by atoms with van der Waals surface area (Å²) in [6.45, 7) is 2.65. The molecule has 2 aliphatic rings. The molecular formula is C19H24N2O3S. The van der Waals surface area contributed by atoms with Crippen LogP contribution >= 0.6 is 12.2 Å². The number of allylic oxidation sites excluding steroid dienone is 1. The summed E-state index contributed by atoms with van der Waals surface area (Å²) in [5.74, 6) is 1.53. The summed E-state index contributed by atoms with van der Waals surface area (Å²) >= 11 is 5.50. The highest BCUT2D eigenvalue weighted by molar-refractivity contribution is 7.80. The molecule has 134 valence electrons. The summed E-state index contributed by atoms with van der Waals surface area (Å²) in [5, 5.41) is 3.95. The van der Waals surface area contributed by atoms with Gasteiger partial charge in [-0.3, -0.25) is 4.79 Å². The normalized spacial score (nSPS) is 20.3. The number of para-hydroxylation sites is 1. The smallest absolute Gasteiger partial charge is 0.173 e. The van der Waals surface area contributed by atoms with Crippen molar-refractivity contribution in [1.29, 1.82) is 0 Å². The van der Waals surface area contributed by atoms with Gasteiger partial charge >= 0.3 is 0 Å². The molecular weight excluding hydrogens is 336 g/mol. The third kappa shape index (κ3) is 3.23. The van der Waals surface area contributed by atoms with Gasteiger partial charge in [0.1, 0.15) is 0 Å². The Kier molecular flexibility index (Phi) is 5.27. The Morgan fingerprint density at radius 2 is 2.16 bits per heavy atom. The van der Waals surface area contributed by atoms with E-state index < -0.39 is 0 Å². The van der Waals surface area contributed by atoms with Crippen LogP contribution in [-0.4, -0.2) is 36.6 Å². The topological polar surface area (TPSA) is 50.8 Å². The van der Waals surface area contributed by atoms with Crippen LogP contribution in [0, 0.1) is 0 Å². The minimum Gasteiger partial charge on any atom is -0.493 e. The Hall–Kier alpha value is -2.08. The van der Waals surface area contributed by atoms with Crippen molar-refractivity contribution in [2.75, 3.05) is 20.8 Å². The maximum atomic E-state index is 12.7. The van der Waals surface area contributed by atoms with Crippen LogP contribution in [0.1, 0.15) is 44.2 Å². The highest BCUT2D eigenvalue weighted by Gasteiger charge is 2.37. The Labute approximate surface area is 154 Å². The van der Waals surface area contributed by atoms with Crippen molar-refractivity contribution in [1.82, 2.24) is 10.2 Å². The second-order valence-corrected chi connectivity index (χ2v) is 6.69. The van der Waals surface area contributed by atoms with Gasteiger partial charge in [-0.1, -0.05) is 19.1 Å². The van der Waals surface area contributed by atoms with Crippen molar-refractivity contribution >= 4 is 23.1 Å². The second kappa shape index (κ2) is 7.44. The highest BCUT2D eigenvalue weighted by atomic mass is 32.1. The number of Topliss-reactive ketones (excluding diaryl/α,β-unsaturated/α-hetero) is 1. The summed E-state index contributed by atoms with van der Waals surface area (Å²) in [7, 11) is 3.54. The monoisotopic (exact) mass is 360 g/mol. The number of methoxy groups -OCH3 is 1. The fourth-order valence-corrected chi connectivity index (χ4v) is 3.68. The van der Waals surface area contributed by atoms with Crippen LogP contribution in [0.3, 0.4) is 0 Å². The zero-order chi connectivity index (χ0) is 18.0. The molecule has 0 saturated heterocycles. The van der Waals surface area contributed by atoms with E-state index in [1.54, 1.807) is 7.11 Å². The second-order valence-electron chi connectivity index (χ2n) is 6.31. The number of rotatable bonds is 5. The predicted molar refractivity (Wildman–Crippen MR) is 101 cm³/mol. The largest absolute Gasteiger partial charge is 0.493 e. The van der Waals surface area contributed by atoms with Gasteiger partial charge in [0, 0.05) is 30.3 Å². The molecule has 1 aromatic rings. The van der Waals surface area contributed by atoms with Gasteiger partial charge in [0.05, 0.1) is 19.8 Å². The number of hydrogen-bond donors (Lipinski definition) is 1. The molecule has 1 aromatic carbocycles. The Morgan fingerprint density at radius 3 is 2.88 bits per heavy atom. The number of carbonyl (C=O) groups is 1. The zero-order valence-corrected chi connectivity index (χ0v) is 15.7. The first-order chi connectivity index (χ1) is 12.1. The molecule has 0 amide bonds. The van der Waals surface area contributed by atoms with Crippen LogP contribution in [0.25, 0.3) is 0 Å². The van der Waals surface area contributed by atoms with Crippen molar-refractivity contribution in [2.24, 2.45) is 0 Å². The third-order valence-electron chi connectivity index (χ3n) is 4.69. The van der Waals surface area contributed by atoms with E-state index in [9.17, 15) is 4.79 Å². The molecule has 1 aliphatic heterocycles. The number of hydrogen-bond acceptors (Lipinski definition) is 4. The average Bonchev–Trinajstić information content (AvgIpc) is 2.62. The lowest BCUT2D eigenvalue weighted by atomic mass is 9.84. The van der Waals surface area contributed by atoms with E-state index in [1.165, 1.54) is 0 Å². The van der Waals surface area contributed by atoms with E-state index in [2.05, 4.69) is 12.2 Å². The van der Waals surface area contributed by atoms with E-state index in [1.807, 2.05) is 30.1 Å². The van der Waals surface area contributed by atoms with Crippen molar-refractivity contribution in [2.45, 2.75) is 38.6 Å². The van der Waals surface area contributed by atoms with Crippen LogP contribution in [0.4, 0.5) is 0 Å². The quantitative estimate of drug-likeness (QED) is 0.813. The van der Waals surface area contributed by atoms with Crippen molar-refractivity contribution < 1.29 is 14.3 Å². The number of nitrogens with one attached hydrogen (secondary N) is 1. The van der Waals surface area contributed by atoms with Gasteiger partial charge in [0.25, 0.3) is 0 Å². The summed E-state index contributed by atoms with van der Waals surface area (Å²) < 4.78 is 11.5. The number of nitrogens with zero attached hydrogens (tertiary/aromatic N) is 1. The summed E-state index contributed by atoms with van der Waals surface area (Å²) in [6, 6.07) is 5.48. The van der Waals surface area contributed by atoms with Gasteiger partial charge in [-0.05, 0) is 37.5 Å². The molecule has 0 spiro atoms. The van der Waals surface area contributed by atoms with Crippen LogP contribution in [0.2, 0.25) is 0 Å². The molecule has 1 atom stereocenters. The Balaban J connectivity index is 2.13. The number of carbonyl (C=O) groups excluding carboxylic acids is 1. The fraction of sp³-hybridized carbons (Fsp3) is 0.474. The van der Waals surface area contributed by atoms with Crippen LogP contribution < -0.4 is 14.8 Å². The van der Waals surface area contributed by atoms with Crippen molar-refractivity contribution in [3.05, 3.63) is 35.0 Å². The molecule has 3 rings (SSSR count). The Bertz CT molecular complexity index is 729. The predicted octanol–water partition coefficient (Wildman–Crippen LogP) is 3.35. The van der Waals surface area contributed by atoms with E-state index >= 15 is 0 Å². The molecule has 0 bridgehead atoms. The summed E-state index contributed by atoms with van der Waals surface area (Å²) in [6.07, 6.45) is 3.20. The lowest BCUT2D eigenvalue weighted by molar-refractivity contribution is -0.116. The minimum absolute atomic E-state index is 0.178. The van der Waals surface area contributed by atoms with Crippen LogP contribution in [0.15, 0.2) is 29.5 Å². The van der Waals surface area contributed by atoms with E-state index in [4.69, 9.17) is 21.7 Å². The van der Waals surface area contributed by atoms with Gasteiger partial charge in [0.2, 0.25) is 0 Å². The van der Waals surface area contributed by atoms with Crippen LogP contribution in [-0.2, 0) is 4.79 Å². The van der Waals surface area contributed by atoms with Gasteiger partial charge in [-0.2, -0.15) is 0 Å². The maximum absolute atomic E-state index is 12.7. The summed E-state index contributed by atoms with van der Waals surface area (Å²) in [4.78, 5) is 14.6. The van der Waals surface area contributed by atoms with Crippen molar-refractivity contribution in [3.8, 4) is 11.5 Å². The molecule has 6 heteroatoms. The fourth-order valence-electron chi connectivity index (χ4n) is 3.45. The molecule has 0 radical (unpaired) electrons. The van der Waals surface area contributed by atoms with Crippen LogP contribution in [0.5, 0.6) is 11.5 Å². The van der Waals surface area contributed by atoms with E-state index in [0.717, 1.165) is 36.1 Å². The SMILES string of the molecule is CCCOc1c(OC)cccc1C1NC(=S)N(C)C2=C1C(=O)CCC2. The number of thiocarbonyl (C=S) groups is 1. The summed E-state index contributed by atoms with van der Waals surface area (Å²) in [5.41, 5.74) is 2.72. The van der Waals surface area contributed by atoms with E-state index in [-0.39, 0.29) is 11.8 Å². The first kappa shape index (κ1) is 17.7. The number of benzene rings is 1. The molecule has 0 fully saturated rings. The lowest BCUT2D eigenvalue weighted by Crippen LogP contribution is -2.47. The van der Waals surface area contributed by atoms with E-state index in [0.29, 0.717) is 29.6 Å². The Morgan fingerprint density at radius 1 is 1.36 bits per heavy atom. The minimum atomic E-state index is -0.298. The lowest BCUT2D eigenvalue weighted by Gasteiger charge is -2.39. The van der Waals surface area contributed by atoms with Gasteiger partial charge in [-0.25, -0.2) is 0 Å². The standard InChI is InChI=1S/C19H24N2O3S/c1-4-11-24-18-12(7-5-10-15(18)23-3)17-16-13(8-6-9-14(16)22)21(2)19(25)20-17/h5,7,10,17H,4,6,8-9,11H2,1-3H3,(H,20,25). The highest BCUT2D eigenvalue weighted by Crippen LogP contribution is 2.42. The number of ketones is 1. The average molecular weight is 360 g/mol. The molecule has 0 saturated carbocycles. The molecule has 25 heavy (non-hydrogen) atoms. The molecule has 5 nitrogen and oxygen atoms in total. The van der Waals surface area contributed by atoms with Crippen molar-refractivity contribution in [3.63, 3.8) is 0 Å². The molecule has 0 aromatic heterocycles. The van der Waals surface area contributed by atoms with Gasteiger partial charge < -0.3 is 19.7 Å². The first-order valence-corrected chi connectivity index (χ1v) is 9.09. The third-order valence-corrected chi connectivity index (χ3v) is 5.08. The molecule has 1 aliphatic carbocycles. The van der Waals surface area contributed by atoms with Gasteiger partial charge in [-0.15, -0.1) is 0 Å². The number of ether oxygens (including phenoxy) is 2. The van der Waals surface area contributed by atoms with Gasteiger partial charge in [0.15, 0.2) is 22.4 Å². The first-order valence-electron chi connectivity index (χ1n) is 8.68. The zero-order valence-electron chi connectivity index (χ0n) is 14.9.